The molecule has 0 spiro atoms. The summed E-state index contributed by atoms with van der Waals surface area (Å²) in [7, 11) is 0. The van der Waals surface area contributed by atoms with Crippen molar-refractivity contribution in [3.05, 3.63) is 33.9 Å². The maximum atomic E-state index is 11.2. The number of aromatic carboxylic acids is 1. The van der Waals surface area contributed by atoms with Crippen molar-refractivity contribution in [2.45, 2.75) is 19.4 Å². The second-order valence-corrected chi connectivity index (χ2v) is 4.85. The second kappa shape index (κ2) is 5.87. The Hall–Kier alpha value is -2.15. The minimum Gasteiger partial charge on any atom is -0.478 e. The number of non-ortho nitro benzene ring substituents is 1. The number of hydrogen-bond donors (Lipinski definition) is 2. The number of anilines is 1. The van der Waals surface area contributed by atoms with Crippen LogP contribution in [0.25, 0.3) is 0 Å². The smallest absolute Gasteiger partial charge is 0.337 e. The van der Waals surface area contributed by atoms with Gasteiger partial charge in [-0.3, -0.25) is 10.1 Å². The first kappa shape index (κ1) is 14.3. The van der Waals surface area contributed by atoms with Crippen LogP contribution in [0.1, 0.15) is 23.7 Å². The molecule has 1 fully saturated rings. The summed E-state index contributed by atoms with van der Waals surface area (Å²) in [5.41, 5.74) is 0.167. The fraction of sp³-hybridized carbons (Fsp3) is 0.462. The first-order valence-corrected chi connectivity index (χ1v) is 6.35. The van der Waals surface area contributed by atoms with Crippen LogP contribution in [-0.4, -0.2) is 35.3 Å². The van der Waals surface area contributed by atoms with Crippen molar-refractivity contribution in [1.82, 2.24) is 0 Å². The van der Waals surface area contributed by atoms with Crippen LogP contribution in [0.4, 0.5) is 11.4 Å². The summed E-state index contributed by atoms with van der Waals surface area (Å²) >= 11 is 0. The van der Waals surface area contributed by atoms with E-state index in [1.807, 2.05) is 6.92 Å². The highest BCUT2D eigenvalue weighted by Crippen LogP contribution is 2.26. The maximum Gasteiger partial charge on any atom is 0.337 e. The van der Waals surface area contributed by atoms with Gasteiger partial charge in [-0.2, -0.15) is 0 Å². The van der Waals surface area contributed by atoms with Gasteiger partial charge in [-0.05, 0) is 19.4 Å². The number of rotatable bonds is 5. The molecule has 2 atom stereocenters. The quantitative estimate of drug-likeness (QED) is 0.632. The van der Waals surface area contributed by atoms with Crippen LogP contribution in [0, 0.1) is 16.0 Å². The highest BCUT2D eigenvalue weighted by atomic mass is 16.6. The van der Waals surface area contributed by atoms with Gasteiger partial charge in [-0.15, -0.1) is 0 Å². The van der Waals surface area contributed by atoms with Crippen molar-refractivity contribution in [2.75, 3.05) is 18.5 Å². The van der Waals surface area contributed by atoms with E-state index in [4.69, 9.17) is 9.84 Å². The fourth-order valence-corrected chi connectivity index (χ4v) is 2.26. The molecule has 108 valence electrons. The highest BCUT2D eigenvalue weighted by molar-refractivity contribution is 5.94. The van der Waals surface area contributed by atoms with E-state index in [9.17, 15) is 14.9 Å². The van der Waals surface area contributed by atoms with E-state index in [1.54, 1.807) is 0 Å². The molecule has 0 aromatic heterocycles. The third-order valence-corrected chi connectivity index (χ3v) is 3.50. The van der Waals surface area contributed by atoms with Crippen molar-refractivity contribution in [1.29, 1.82) is 0 Å². The van der Waals surface area contributed by atoms with Gasteiger partial charge < -0.3 is 15.2 Å². The number of carboxylic acid groups (broad SMARTS) is 1. The predicted octanol–water partition coefficient (Wildman–Crippen LogP) is 2.13. The van der Waals surface area contributed by atoms with Gasteiger partial charge >= 0.3 is 5.97 Å². The molecule has 0 saturated carbocycles. The van der Waals surface area contributed by atoms with Crippen molar-refractivity contribution < 1.29 is 19.6 Å². The summed E-state index contributed by atoms with van der Waals surface area (Å²) < 4.78 is 5.29. The van der Waals surface area contributed by atoms with Crippen LogP contribution in [0.15, 0.2) is 18.2 Å². The molecule has 1 aromatic carbocycles. The predicted molar refractivity (Wildman–Crippen MR) is 72.1 cm³/mol. The van der Waals surface area contributed by atoms with Gasteiger partial charge in [0, 0.05) is 30.7 Å². The summed E-state index contributed by atoms with van der Waals surface area (Å²) in [6.07, 6.45) is 0.894. The van der Waals surface area contributed by atoms with E-state index < -0.39 is 10.9 Å². The lowest BCUT2D eigenvalue weighted by Gasteiger charge is -2.21. The fourth-order valence-electron chi connectivity index (χ4n) is 2.26. The molecule has 0 bridgehead atoms. The van der Waals surface area contributed by atoms with E-state index in [2.05, 4.69) is 5.32 Å². The lowest BCUT2D eigenvalue weighted by Crippen LogP contribution is -2.27. The zero-order chi connectivity index (χ0) is 14.7. The number of nitrogens with zero attached hydrogens (tertiary/aromatic N) is 1. The lowest BCUT2D eigenvalue weighted by atomic mass is 10.00. The van der Waals surface area contributed by atoms with Gasteiger partial charge in [0.2, 0.25) is 0 Å². The Labute approximate surface area is 115 Å². The van der Waals surface area contributed by atoms with Gasteiger partial charge in [-0.1, -0.05) is 0 Å². The summed E-state index contributed by atoms with van der Waals surface area (Å²) in [6.45, 7) is 3.23. The van der Waals surface area contributed by atoms with Crippen molar-refractivity contribution in [3.63, 3.8) is 0 Å². The molecular formula is C13H16N2O5. The molecule has 1 aliphatic rings. The van der Waals surface area contributed by atoms with Gasteiger partial charge in [0.1, 0.15) is 0 Å². The topological polar surface area (TPSA) is 102 Å². The van der Waals surface area contributed by atoms with E-state index in [0.29, 0.717) is 13.2 Å². The molecule has 7 nitrogen and oxygen atoms in total. The SMILES string of the molecule is CC(Nc1cc([N+](=O)[O-])ccc1C(=O)O)C1CCOC1. The highest BCUT2D eigenvalue weighted by Gasteiger charge is 2.24. The molecule has 2 unspecified atom stereocenters. The minimum atomic E-state index is -1.11. The summed E-state index contributed by atoms with van der Waals surface area (Å²) in [6, 6.07) is 3.69. The summed E-state index contributed by atoms with van der Waals surface area (Å²) in [4.78, 5) is 21.4. The zero-order valence-electron chi connectivity index (χ0n) is 11.0. The van der Waals surface area contributed by atoms with Crippen molar-refractivity contribution in [3.8, 4) is 0 Å². The number of carboxylic acids is 1. The van der Waals surface area contributed by atoms with Crippen LogP contribution in [-0.2, 0) is 4.74 Å². The lowest BCUT2D eigenvalue weighted by molar-refractivity contribution is -0.384. The summed E-state index contributed by atoms with van der Waals surface area (Å²) in [5, 5.41) is 23.0. The third kappa shape index (κ3) is 3.05. The molecule has 0 radical (unpaired) electrons. The molecule has 1 saturated heterocycles. The number of nitrogens with one attached hydrogen (secondary N) is 1. The molecular weight excluding hydrogens is 264 g/mol. The number of hydrogen-bond acceptors (Lipinski definition) is 5. The normalized spacial score (nSPS) is 19.6. The average Bonchev–Trinajstić information content (AvgIpc) is 2.92. The Morgan fingerprint density at radius 3 is 2.90 bits per heavy atom. The van der Waals surface area contributed by atoms with Crippen LogP contribution in [0.5, 0.6) is 0 Å². The molecule has 2 rings (SSSR count). The van der Waals surface area contributed by atoms with Crippen molar-refractivity contribution >= 4 is 17.3 Å². The Balaban J connectivity index is 2.24. The largest absolute Gasteiger partial charge is 0.478 e. The number of nitro benzene ring substituents is 1. The number of nitro groups is 1. The van der Waals surface area contributed by atoms with Crippen LogP contribution < -0.4 is 5.32 Å². The molecule has 1 aliphatic heterocycles. The van der Waals surface area contributed by atoms with Crippen LogP contribution in [0.3, 0.4) is 0 Å². The first-order chi connectivity index (χ1) is 9.49. The number of ether oxygens (including phenoxy) is 1. The molecule has 1 heterocycles. The molecule has 0 amide bonds. The minimum absolute atomic E-state index is 0.0161. The molecule has 0 aliphatic carbocycles. The van der Waals surface area contributed by atoms with E-state index in [1.165, 1.54) is 18.2 Å². The molecule has 1 aromatic rings. The van der Waals surface area contributed by atoms with E-state index in [0.717, 1.165) is 6.42 Å². The monoisotopic (exact) mass is 280 g/mol. The van der Waals surface area contributed by atoms with Gasteiger partial charge in [0.25, 0.3) is 5.69 Å². The standard InChI is InChI=1S/C13H16N2O5/c1-8(9-4-5-20-7-9)14-12-6-10(15(18)19)2-3-11(12)13(16)17/h2-3,6,8-9,14H,4-5,7H2,1H3,(H,16,17). The van der Waals surface area contributed by atoms with Crippen molar-refractivity contribution in [2.24, 2.45) is 5.92 Å². The Morgan fingerprint density at radius 2 is 2.35 bits per heavy atom. The zero-order valence-corrected chi connectivity index (χ0v) is 11.0. The molecule has 2 N–H and O–H groups in total. The van der Waals surface area contributed by atoms with Gasteiger partial charge in [0.15, 0.2) is 0 Å². The Bertz CT molecular complexity index is 525. The molecule has 20 heavy (non-hydrogen) atoms. The maximum absolute atomic E-state index is 11.2. The third-order valence-electron chi connectivity index (χ3n) is 3.50. The van der Waals surface area contributed by atoms with Crippen LogP contribution >= 0.6 is 0 Å². The summed E-state index contributed by atoms with van der Waals surface area (Å²) in [5.74, 6) is -0.840. The number of benzene rings is 1. The second-order valence-electron chi connectivity index (χ2n) is 4.85. The van der Waals surface area contributed by atoms with E-state index in [-0.39, 0.29) is 28.9 Å². The van der Waals surface area contributed by atoms with E-state index >= 15 is 0 Å². The Kier molecular flexibility index (Phi) is 4.19. The van der Waals surface area contributed by atoms with Gasteiger partial charge in [-0.25, -0.2) is 4.79 Å². The average molecular weight is 280 g/mol. The van der Waals surface area contributed by atoms with Crippen LogP contribution in [0.2, 0.25) is 0 Å². The Morgan fingerprint density at radius 1 is 1.60 bits per heavy atom. The first-order valence-electron chi connectivity index (χ1n) is 6.35. The molecule has 7 heteroatoms. The number of carbonyl (C=O) groups is 1. The van der Waals surface area contributed by atoms with Gasteiger partial charge in [0.05, 0.1) is 22.8 Å².